The minimum Gasteiger partial charge on any atom is -0.462 e. The summed E-state index contributed by atoms with van der Waals surface area (Å²) in [4.78, 5) is 15.5. The first-order valence-electron chi connectivity index (χ1n) is 5.39. The Kier molecular flexibility index (Phi) is 5.38. The first kappa shape index (κ1) is 15.2. The zero-order valence-electron chi connectivity index (χ0n) is 10.5. The zero-order valence-corrected chi connectivity index (χ0v) is 12.0. The highest BCUT2D eigenvalue weighted by molar-refractivity contribution is 6.32. The Balaban J connectivity index is 2.56. The summed E-state index contributed by atoms with van der Waals surface area (Å²) >= 11 is 11.4. The molecule has 0 atom stereocenters. The Morgan fingerprint density at radius 2 is 1.89 bits per heavy atom. The van der Waals surface area contributed by atoms with Gasteiger partial charge in [0, 0.05) is 13.5 Å². The van der Waals surface area contributed by atoms with Crippen molar-refractivity contribution in [3.8, 4) is 0 Å². The number of hydrogen-bond acceptors (Lipinski definition) is 4. The lowest BCUT2D eigenvalue weighted by molar-refractivity contribution is -0.00563. The number of methoxy groups -OCH3 is 1. The van der Waals surface area contributed by atoms with E-state index in [0.717, 1.165) is 0 Å². The van der Waals surface area contributed by atoms with E-state index in [1.165, 1.54) is 12.1 Å². The Bertz CT molecular complexity index is 415. The van der Waals surface area contributed by atoms with Gasteiger partial charge in [-0.1, -0.05) is 23.2 Å². The number of halogens is 2. The molecule has 18 heavy (non-hydrogen) atoms. The third-order valence-electron chi connectivity index (χ3n) is 2.49. The minimum absolute atomic E-state index is 0.159. The molecule has 0 amide bonds. The summed E-state index contributed by atoms with van der Waals surface area (Å²) in [6, 6.07) is 2.83. The molecule has 0 fully saturated rings. The van der Waals surface area contributed by atoms with Gasteiger partial charge in [-0.25, -0.2) is 9.78 Å². The van der Waals surface area contributed by atoms with E-state index in [9.17, 15) is 4.79 Å². The van der Waals surface area contributed by atoms with Gasteiger partial charge in [-0.15, -0.1) is 0 Å². The largest absolute Gasteiger partial charge is 0.462 e. The number of esters is 1. The molecule has 6 heteroatoms. The van der Waals surface area contributed by atoms with Crippen molar-refractivity contribution >= 4 is 29.2 Å². The van der Waals surface area contributed by atoms with Gasteiger partial charge in [0.05, 0.1) is 17.8 Å². The molecule has 0 spiro atoms. The SMILES string of the molecule is COC(C)(C)CCOC(=O)c1cc(Cl)nc(Cl)c1. The van der Waals surface area contributed by atoms with Gasteiger partial charge in [0.1, 0.15) is 10.3 Å². The lowest BCUT2D eigenvalue weighted by Crippen LogP contribution is -2.25. The summed E-state index contributed by atoms with van der Waals surface area (Å²) in [5.41, 5.74) is -0.0383. The van der Waals surface area contributed by atoms with E-state index >= 15 is 0 Å². The molecule has 100 valence electrons. The lowest BCUT2D eigenvalue weighted by Gasteiger charge is -2.22. The second kappa shape index (κ2) is 6.36. The van der Waals surface area contributed by atoms with Crippen molar-refractivity contribution in [2.75, 3.05) is 13.7 Å². The van der Waals surface area contributed by atoms with Gasteiger partial charge in [-0.2, -0.15) is 0 Å². The van der Waals surface area contributed by atoms with Crippen LogP contribution in [0.5, 0.6) is 0 Å². The van der Waals surface area contributed by atoms with Gasteiger partial charge in [-0.05, 0) is 26.0 Å². The van der Waals surface area contributed by atoms with E-state index in [4.69, 9.17) is 32.7 Å². The summed E-state index contributed by atoms with van der Waals surface area (Å²) in [6.45, 7) is 4.10. The van der Waals surface area contributed by atoms with Crippen molar-refractivity contribution in [1.29, 1.82) is 0 Å². The maximum Gasteiger partial charge on any atom is 0.338 e. The van der Waals surface area contributed by atoms with Crippen LogP contribution in [0.4, 0.5) is 0 Å². The molecule has 0 unspecified atom stereocenters. The fourth-order valence-electron chi connectivity index (χ4n) is 1.16. The molecule has 1 heterocycles. The van der Waals surface area contributed by atoms with Crippen LogP contribution in [0.25, 0.3) is 0 Å². The maximum atomic E-state index is 11.7. The van der Waals surface area contributed by atoms with Crippen LogP contribution in [0.15, 0.2) is 12.1 Å². The molecule has 0 radical (unpaired) electrons. The van der Waals surface area contributed by atoms with Crippen molar-refractivity contribution in [3.05, 3.63) is 28.0 Å². The molecule has 0 N–H and O–H groups in total. The fraction of sp³-hybridized carbons (Fsp3) is 0.500. The molecule has 0 saturated heterocycles. The van der Waals surface area contributed by atoms with E-state index in [-0.39, 0.29) is 28.1 Å². The summed E-state index contributed by atoms with van der Waals surface area (Å²) in [5.74, 6) is -0.479. The molecule has 1 aromatic heterocycles. The number of rotatable bonds is 5. The van der Waals surface area contributed by atoms with E-state index in [2.05, 4.69) is 4.98 Å². The van der Waals surface area contributed by atoms with Crippen molar-refractivity contribution in [2.24, 2.45) is 0 Å². The van der Waals surface area contributed by atoms with Gasteiger partial charge in [0.2, 0.25) is 0 Å². The van der Waals surface area contributed by atoms with Crippen molar-refractivity contribution < 1.29 is 14.3 Å². The first-order valence-corrected chi connectivity index (χ1v) is 6.15. The highest BCUT2D eigenvalue weighted by Gasteiger charge is 2.17. The Morgan fingerprint density at radius 1 is 1.33 bits per heavy atom. The molecule has 1 rings (SSSR count). The summed E-state index contributed by atoms with van der Waals surface area (Å²) in [6.07, 6.45) is 0.599. The van der Waals surface area contributed by atoms with Crippen LogP contribution >= 0.6 is 23.2 Å². The second-order valence-corrected chi connectivity index (χ2v) is 5.13. The third kappa shape index (κ3) is 4.80. The number of carbonyl (C=O) groups is 1. The van der Waals surface area contributed by atoms with Gasteiger partial charge in [0.25, 0.3) is 0 Å². The predicted octanol–water partition coefficient (Wildman–Crippen LogP) is 3.36. The molecule has 0 aliphatic heterocycles. The molecule has 0 bridgehead atoms. The summed E-state index contributed by atoms with van der Waals surface area (Å²) in [5, 5.41) is 0.318. The zero-order chi connectivity index (χ0) is 13.8. The molecule has 0 saturated carbocycles. The summed E-state index contributed by atoms with van der Waals surface area (Å²) < 4.78 is 10.3. The predicted molar refractivity (Wildman–Crippen MR) is 70.2 cm³/mol. The number of pyridine rings is 1. The van der Waals surface area contributed by atoms with Crippen LogP contribution in [0.2, 0.25) is 10.3 Å². The number of nitrogens with zero attached hydrogens (tertiary/aromatic N) is 1. The van der Waals surface area contributed by atoms with Crippen LogP contribution in [0.1, 0.15) is 30.6 Å². The molecule has 0 aliphatic carbocycles. The highest BCUT2D eigenvalue weighted by Crippen LogP contribution is 2.17. The third-order valence-corrected chi connectivity index (χ3v) is 2.88. The van der Waals surface area contributed by atoms with Gasteiger partial charge in [-0.3, -0.25) is 0 Å². The van der Waals surface area contributed by atoms with Gasteiger partial charge < -0.3 is 9.47 Å². The Labute approximate surface area is 116 Å². The van der Waals surface area contributed by atoms with Crippen molar-refractivity contribution in [1.82, 2.24) is 4.98 Å². The smallest absolute Gasteiger partial charge is 0.338 e. The summed E-state index contributed by atoms with van der Waals surface area (Å²) in [7, 11) is 1.62. The van der Waals surface area contributed by atoms with Gasteiger partial charge in [0.15, 0.2) is 0 Å². The first-order chi connectivity index (χ1) is 8.34. The van der Waals surface area contributed by atoms with Crippen LogP contribution in [-0.4, -0.2) is 30.3 Å². The van der Waals surface area contributed by atoms with E-state index in [1.807, 2.05) is 13.8 Å². The molecule has 4 nitrogen and oxygen atoms in total. The van der Waals surface area contributed by atoms with Crippen molar-refractivity contribution in [3.63, 3.8) is 0 Å². The maximum absolute atomic E-state index is 11.7. The average Bonchev–Trinajstić information content (AvgIpc) is 2.27. The van der Waals surface area contributed by atoms with Crippen LogP contribution < -0.4 is 0 Å². The lowest BCUT2D eigenvalue weighted by atomic mass is 10.1. The molecule has 0 aromatic carbocycles. The van der Waals surface area contributed by atoms with E-state index in [0.29, 0.717) is 6.42 Å². The second-order valence-electron chi connectivity index (χ2n) is 4.35. The fourth-order valence-corrected chi connectivity index (χ4v) is 1.62. The van der Waals surface area contributed by atoms with Gasteiger partial charge >= 0.3 is 5.97 Å². The van der Waals surface area contributed by atoms with Crippen LogP contribution in [0.3, 0.4) is 0 Å². The minimum atomic E-state index is -0.479. The average molecular weight is 292 g/mol. The van der Waals surface area contributed by atoms with Crippen LogP contribution in [-0.2, 0) is 9.47 Å². The molecule has 1 aromatic rings. The molecular weight excluding hydrogens is 277 g/mol. The molecule has 0 aliphatic rings. The standard InChI is InChI=1S/C12H15Cl2NO3/c1-12(2,17-3)4-5-18-11(16)8-6-9(13)15-10(14)7-8/h6-7H,4-5H2,1-3H3. The number of aromatic nitrogens is 1. The van der Waals surface area contributed by atoms with Crippen LogP contribution in [0, 0.1) is 0 Å². The molecular formula is C12H15Cl2NO3. The number of hydrogen-bond donors (Lipinski definition) is 0. The number of ether oxygens (including phenoxy) is 2. The van der Waals surface area contributed by atoms with E-state index < -0.39 is 5.97 Å². The topological polar surface area (TPSA) is 48.4 Å². The highest BCUT2D eigenvalue weighted by atomic mass is 35.5. The monoisotopic (exact) mass is 291 g/mol. The Hall–Kier alpha value is -0.840. The number of carbonyl (C=O) groups excluding carboxylic acids is 1. The van der Waals surface area contributed by atoms with E-state index in [1.54, 1.807) is 7.11 Å². The Morgan fingerprint density at radius 3 is 2.39 bits per heavy atom. The van der Waals surface area contributed by atoms with Crippen molar-refractivity contribution in [2.45, 2.75) is 25.9 Å². The normalized spacial score (nSPS) is 11.4. The quantitative estimate of drug-likeness (QED) is 0.616.